The molecule has 0 saturated carbocycles. The van der Waals surface area contributed by atoms with Crippen molar-refractivity contribution in [1.29, 1.82) is 0 Å². The Bertz CT molecular complexity index is 820. The van der Waals surface area contributed by atoms with Crippen LogP contribution in [-0.2, 0) is 16.6 Å². The summed E-state index contributed by atoms with van der Waals surface area (Å²) in [6, 6.07) is 5.81. The number of fused-ring (bicyclic) bond motifs is 1. The molecule has 1 aromatic heterocycles. The van der Waals surface area contributed by atoms with Crippen LogP contribution in [-0.4, -0.2) is 16.8 Å². The number of hydrogen-bond acceptors (Lipinski definition) is 4. The molecule has 1 unspecified atom stereocenters. The Kier molecular flexibility index (Phi) is 4.64. The molecule has 2 amide bonds. The molecule has 5 nitrogen and oxygen atoms in total. The van der Waals surface area contributed by atoms with Crippen molar-refractivity contribution in [1.82, 2.24) is 10.3 Å². The summed E-state index contributed by atoms with van der Waals surface area (Å²) in [6.07, 6.45) is 1.24. The van der Waals surface area contributed by atoms with E-state index < -0.39 is 0 Å². The van der Waals surface area contributed by atoms with Gasteiger partial charge in [-0.3, -0.25) is 9.59 Å². The highest BCUT2D eigenvalue weighted by atomic mass is 32.1. The molecule has 3 rings (SSSR count). The molecule has 1 atom stereocenters. The molecule has 0 spiro atoms. The second-order valence-electron chi connectivity index (χ2n) is 7.44. The zero-order valence-corrected chi connectivity index (χ0v) is 15.8. The van der Waals surface area contributed by atoms with Gasteiger partial charge in [-0.1, -0.05) is 32.9 Å². The fraction of sp³-hybridized carbons (Fsp3) is 0.421. The molecule has 6 heteroatoms. The van der Waals surface area contributed by atoms with Crippen molar-refractivity contribution >= 4 is 28.8 Å². The summed E-state index contributed by atoms with van der Waals surface area (Å²) in [4.78, 5) is 29.2. The standard InChI is InChI=1S/C19H23N3O2S/c1-11(12-5-7-14-13(9-12)6-8-15(23)22-14)21-18(24)16-17(19(2,3)4)20-10-25-16/h5,7,9-11H,6,8H2,1-4H3,(H,21,24)(H,22,23). The number of aromatic nitrogens is 1. The van der Waals surface area contributed by atoms with Gasteiger partial charge in [-0.05, 0) is 30.5 Å². The molecular weight excluding hydrogens is 334 g/mol. The Morgan fingerprint density at radius 3 is 2.80 bits per heavy atom. The highest BCUT2D eigenvalue weighted by Crippen LogP contribution is 2.29. The van der Waals surface area contributed by atoms with E-state index in [0.29, 0.717) is 11.3 Å². The summed E-state index contributed by atoms with van der Waals surface area (Å²) in [7, 11) is 0. The maximum atomic E-state index is 12.7. The lowest BCUT2D eigenvalue weighted by molar-refractivity contribution is -0.116. The summed E-state index contributed by atoms with van der Waals surface area (Å²) < 4.78 is 0. The van der Waals surface area contributed by atoms with Crippen LogP contribution in [0.3, 0.4) is 0 Å². The first-order valence-electron chi connectivity index (χ1n) is 8.43. The first kappa shape index (κ1) is 17.6. The number of nitrogens with zero attached hydrogens (tertiary/aromatic N) is 1. The zero-order valence-electron chi connectivity index (χ0n) is 15.0. The van der Waals surface area contributed by atoms with Gasteiger partial charge in [-0.15, -0.1) is 11.3 Å². The average molecular weight is 357 g/mol. The molecule has 132 valence electrons. The van der Waals surface area contributed by atoms with Crippen LogP contribution < -0.4 is 10.6 Å². The van der Waals surface area contributed by atoms with Crippen LogP contribution in [0, 0.1) is 0 Å². The van der Waals surface area contributed by atoms with Crippen molar-refractivity contribution in [3.05, 3.63) is 45.4 Å². The molecular formula is C19H23N3O2S. The smallest absolute Gasteiger partial charge is 0.263 e. The Morgan fingerprint density at radius 1 is 1.32 bits per heavy atom. The predicted molar refractivity (Wildman–Crippen MR) is 100 cm³/mol. The zero-order chi connectivity index (χ0) is 18.2. The molecule has 0 fully saturated rings. The summed E-state index contributed by atoms with van der Waals surface area (Å²) in [5.41, 5.74) is 5.41. The number of benzene rings is 1. The number of thiazole rings is 1. The minimum atomic E-state index is -0.167. The largest absolute Gasteiger partial charge is 0.345 e. The second kappa shape index (κ2) is 6.59. The summed E-state index contributed by atoms with van der Waals surface area (Å²) in [6.45, 7) is 8.14. The van der Waals surface area contributed by atoms with Crippen molar-refractivity contribution in [2.24, 2.45) is 0 Å². The van der Waals surface area contributed by atoms with Crippen LogP contribution in [0.1, 0.15) is 66.7 Å². The SMILES string of the molecule is CC(NC(=O)c1scnc1C(C)(C)C)c1ccc2c(c1)CCC(=O)N2. The number of hydrogen-bond donors (Lipinski definition) is 2. The third-order valence-corrected chi connectivity index (χ3v) is 5.18. The third-order valence-electron chi connectivity index (χ3n) is 4.36. The van der Waals surface area contributed by atoms with Crippen LogP contribution in [0.25, 0.3) is 0 Å². The molecule has 1 aromatic carbocycles. The highest BCUT2D eigenvalue weighted by Gasteiger charge is 2.26. The first-order chi connectivity index (χ1) is 11.8. The number of rotatable bonds is 3. The van der Waals surface area contributed by atoms with Crippen molar-refractivity contribution in [3.8, 4) is 0 Å². The van der Waals surface area contributed by atoms with Gasteiger partial charge in [-0.2, -0.15) is 0 Å². The van der Waals surface area contributed by atoms with Gasteiger partial charge in [0.15, 0.2) is 0 Å². The number of amides is 2. The topological polar surface area (TPSA) is 71.1 Å². The van der Waals surface area contributed by atoms with E-state index in [4.69, 9.17) is 0 Å². The number of carbonyl (C=O) groups is 2. The van der Waals surface area contributed by atoms with Crippen LogP contribution in [0.4, 0.5) is 5.69 Å². The van der Waals surface area contributed by atoms with Crippen LogP contribution >= 0.6 is 11.3 Å². The third kappa shape index (κ3) is 3.74. The van der Waals surface area contributed by atoms with Gasteiger partial charge in [0.1, 0.15) is 4.88 Å². The molecule has 1 aliphatic heterocycles. The minimum absolute atomic E-state index is 0.0570. The van der Waals surface area contributed by atoms with Crippen LogP contribution in [0.5, 0.6) is 0 Å². The Labute approximate surface area is 151 Å². The van der Waals surface area contributed by atoms with Gasteiger partial charge in [0.25, 0.3) is 5.91 Å². The van der Waals surface area contributed by atoms with Gasteiger partial charge in [-0.25, -0.2) is 4.98 Å². The Hall–Kier alpha value is -2.21. The maximum Gasteiger partial charge on any atom is 0.263 e. The van der Waals surface area contributed by atoms with E-state index in [1.807, 2.05) is 19.1 Å². The molecule has 1 aliphatic rings. The summed E-state index contributed by atoms with van der Waals surface area (Å²) in [5.74, 6) is -0.0348. The lowest BCUT2D eigenvalue weighted by Crippen LogP contribution is -2.29. The van der Waals surface area contributed by atoms with E-state index >= 15 is 0 Å². The highest BCUT2D eigenvalue weighted by molar-refractivity contribution is 7.11. The second-order valence-corrected chi connectivity index (χ2v) is 8.29. The quantitative estimate of drug-likeness (QED) is 0.877. The number of carbonyl (C=O) groups excluding carboxylic acids is 2. The predicted octanol–water partition coefficient (Wildman–Crippen LogP) is 3.82. The van der Waals surface area contributed by atoms with Crippen LogP contribution in [0.2, 0.25) is 0 Å². The number of nitrogens with one attached hydrogen (secondary N) is 2. The van der Waals surface area contributed by atoms with E-state index in [1.165, 1.54) is 11.3 Å². The summed E-state index contributed by atoms with van der Waals surface area (Å²) in [5, 5.41) is 5.95. The lowest BCUT2D eigenvalue weighted by atomic mass is 9.91. The van der Waals surface area contributed by atoms with Crippen molar-refractivity contribution in [2.75, 3.05) is 5.32 Å². The fourth-order valence-electron chi connectivity index (χ4n) is 2.96. The van der Waals surface area contributed by atoms with Gasteiger partial charge < -0.3 is 10.6 Å². The molecule has 0 saturated heterocycles. The summed E-state index contributed by atoms with van der Waals surface area (Å²) >= 11 is 1.37. The lowest BCUT2D eigenvalue weighted by Gasteiger charge is -2.21. The molecule has 2 heterocycles. The number of aryl methyl sites for hydroxylation is 1. The van der Waals surface area contributed by atoms with E-state index in [2.05, 4.69) is 42.5 Å². The Balaban J connectivity index is 1.77. The van der Waals surface area contributed by atoms with Gasteiger partial charge in [0, 0.05) is 17.5 Å². The minimum Gasteiger partial charge on any atom is -0.345 e. The molecule has 25 heavy (non-hydrogen) atoms. The van der Waals surface area contributed by atoms with Gasteiger partial charge in [0.05, 0.1) is 17.2 Å². The Morgan fingerprint density at radius 2 is 2.08 bits per heavy atom. The molecule has 0 aliphatic carbocycles. The molecule has 2 N–H and O–H groups in total. The normalized spacial score (nSPS) is 15.3. The van der Waals surface area contributed by atoms with Crippen molar-refractivity contribution < 1.29 is 9.59 Å². The molecule has 2 aromatic rings. The molecule has 0 radical (unpaired) electrons. The van der Waals surface area contributed by atoms with Crippen molar-refractivity contribution in [3.63, 3.8) is 0 Å². The average Bonchev–Trinajstić information content (AvgIpc) is 3.04. The van der Waals surface area contributed by atoms with Crippen LogP contribution in [0.15, 0.2) is 23.7 Å². The maximum absolute atomic E-state index is 12.7. The van der Waals surface area contributed by atoms with E-state index in [-0.39, 0.29) is 23.3 Å². The monoisotopic (exact) mass is 357 g/mol. The number of anilines is 1. The fourth-order valence-corrected chi connectivity index (χ4v) is 3.86. The van der Waals surface area contributed by atoms with Crippen molar-refractivity contribution in [2.45, 2.75) is 52.0 Å². The van der Waals surface area contributed by atoms with E-state index in [0.717, 1.165) is 28.9 Å². The van der Waals surface area contributed by atoms with E-state index in [1.54, 1.807) is 5.51 Å². The first-order valence-corrected chi connectivity index (χ1v) is 9.31. The molecule has 0 bridgehead atoms. The van der Waals surface area contributed by atoms with Gasteiger partial charge in [0.2, 0.25) is 5.91 Å². The van der Waals surface area contributed by atoms with E-state index in [9.17, 15) is 9.59 Å². The van der Waals surface area contributed by atoms with Gasteiger partial charge >= 0.3 is 0 Å².